The van der Waals surface area contributed by atoms with Crippen molar-refractivity contribution in [3.8, 4) is 0 Å². The van der Waals surface area contributed by atoms with Gasteiger partial charge in [-0.3, -0.25) is 4.99 Å². The minimum absolute atomic E-state index is 0.517. The highest BCUT2D eigenvalue weighted by Gasteiger charge is 1.99. The van der Waals surface area contributed by atoms with Crippen molar-refractivity contribution in [1.82, 2.24) is 15.6 Å². The Morgan fingerprint density at radius 2 is 1.75 bits per heavy atom. The number of halogens is 2. The van der Waals surface area contributed by atoms with Gasteiger partial charge in [-0.15, -0.1) is 0 Å². The second kappa shape index (κ2) is 10.2. The molecule has 0 spiro atoms. The van der Waals surface area contributed by atoms with E-state index in [1.807, 2.05) is 36.4 Å². The number of hydrogen-bond donors (Lipinski definition) is 2. The van der Waals surface area contributed by atoms with Gasteiger partial charge in [-0.2, -0.15) is 0 Å². The molecule has 0 amide bonds. The van der Waals surface area contributed by atoms with E-state index >= 15 is 0 Å². The number of aliphatic imine (C=N–C) groups is 1. The fourth-order valence-corrected chi connectivity index (χ4v) is 2.41. The lowest BCUT2D eigenvalue weighted by molar-refractivity contribution is 0.795. The molecule has 0 saturated carbocycles. The summed E-state index contributed by atoms with van der Waals surface area (Å²) in [7, 11) is 0. The van der Waals surface area contributed by atoms with Crippen LogP contribution in [-0.2, 0) is 12.8 Å². The molecular weight excluding hydrogens is 343 g/mol. The topological polar surface area (TPSA) is 49.3 Å². The Hall–Kier alpha value is -1.78. The van der Waals surface area contributed by atoms with Crippen LogP contribution in [0, 0.1) is 0 Å². The molecule has 2 rings (SSSR count). The molecule has 0 aliphatic carbocycles. The first-order valence-electron chi connectivity index (χ1n) is 8.04. The van der Waals surface area contributed by atoms with Gasteiger partial charge < -0.3 is 10.6 Å². The Morgan fingerprint density at radius 1 is 1.00 bits per heavy atom. The zero-order valence-corrected chi connectivity index (χ0v) is 15.2. The number of rotatable bonds is 7. The molecule has 2 N–H and O–H groups in total. The Morgan fingerprint density at radius 3 is 2.42 bits per heavy atom. The first-order valence-corrected chi connectivity index (χ1v) is 8.80. The highest BCUT2D eigenvalue weighted by molar-refractivity contribution is 6.30. The molecular formula is C18H22Cl2N4. The maximum Gasteiger partial charge on any atom is 0.191 e. The van der Waals surface area contributed by atoms with Crippen LogP contribution in [0.3, 0.4) is 0 Å². The summed E-state index contributed by atoms with van der Waals surface area (Å²) in [6.07, 6.45) is 3.55. The molecule has 0 fully saturated rings. The summed E-state index contributed by atoms with van der Waals surface area (Å²) >= 11 is 11.7. The summed E-state index contributed by atoms with van der Waals surface area (Å²) in [5.41, 5.74) is 2.37. The summed E-state index contributed by atoms with van der Waals surface area (Å²) in [4.78, 5) is 8.69. The smallest absolute Gasteiger partial charge is 0.191 e. The van der Waals surface area contributed by atoms with Crippen LogP contribution in [0.15, 0.2) is 47.6 Å². The zero-order chi connectivity index (χ0) is 17.2. The first kappa shape index (κ1) is 18.6. The summed E-state index contributed by atoms with van der Waals surface area (Å²) in [6, 6.07) is 11.7. The average Bonchev–Trinajstić information content (AvgIpc) is 2.58. The third kappa shape index (κ3) is 6.77. The number of aromatic nitrogens is 1. The third-order valence-electron chi connectivity index (χ3n) is 3.42. The predicted molar refractivity (Wildman–Crippen MR) is 102 cm³/mol. The fraction of sp³-hybridized carbons (Fsp3) is 0.333. The average molecular weight is 365 g/mol. The molecule has 1 heterocycles. The van der Waals surface area contributed by atoms with E-state index in [1.54, 1.807) is 6.20 Å². The monoisotopic (exact) mass is 364 g/mol. The molecule has 0 radical (unpaired) electrons. The predicted octanol–water partition coefficient (Wildman–Crippen LogP) is 3.73. The van der Waals surface area contributed by atoms with Crippen LogP contribution in [-0.4, -0.2) is 30.6 Å². The van der Waals surface area contributed by atoms with E-state index in [2.05, 4.69) is 27.5 Å². The van der Waals surface area contributed by atoms with Gasteiger partial charge in [0, 0.05) is 30.9 Å². The van der Waals surface area contributed by atoms with Crippen LogP contribution in [0.2, 0.25) is 10.2 Å². The second-order valence-corrected chi connectivity index (χ2v) is 6.13. The van der Waals surface area contributed by atoms with Crippen LogP contribution in [0.1, 0.15) is 18.1 Å². The quantitative estimate of drug-likeness (QED) is 0.447. The minimum atomic E-state index is 0.517. The second-order valence-electron chi connectivity index (χ2n) is 5.30. The standard InChI is InChI=1S/C18H22Cl2N4/c1-2-21-18(22-11-9-14-3-6-16(19)7-4-14)23-12-10-15-5-8-17(20)24-13-15/h3-8,13H,2,9-12H2,1H3,(H2,21,22,23). The lowest BCUT2D eigenvalue weighted by Crippen LogP contribution is -2.38. The molecule has 1 aromatic carbocycles. The largest absolute Gasteiger partial charge is 0.357 e. The number of nitrogens with one attached hydrogen (secondary N) is 2. The third-order valence-corrected chi connectivity index (χ3v) is 3.90. The molecule has 0 unspecified atom stereocenters. The van der Waals surface area contributed by atoms with Crippen LogP contribution in [0.4, 0.5) is 0 Å². The molecule has 0 aliphatic heterocycles. The van der Waals surface area contributed by atoms with Crippen LogP contribution < -0.4 is 10.6 Å². The van der Waals surface area contributed by atoms with E-state index in [9.17, 15) is 0 Å². The Kier molecular flexibility index (Phi) is 7.86. The fourth-order valence-electron chi connectivity index (χ4n) is 2.17. The summed E-state index contributed by atoms with van der Waals surface area (Å²) in [5, 5.41) is 7.87. The molecule has 2 aromatic rings. The van der Waals surface area contributed by atoms with Gasteiger partial charge in [0.1, 0.15) is 5.15 Å². The van der Waals surface area contributed by atoms with Gasteiger partial charge >= 0.3 is 0 Å². The van der Waals surface area contributed by atoms with Crippen molar-refractivity contribution in [1.29, 1.82) is 0 Å². The summed E-state index contributed by atoms with van der Waals surface area (Å²) in [6.45, 7) is 4.39. The SMILES string of the molecule is CCNC(=NCCc1ccc(Cl)cc1)NCCc1ccc(Cl)nc1. The summed E-state index contributed by atoms with van der Waals surface area (Å²) in [5.74, 6) is 0.827. The van der Waals surface area contributed by atoms with Crippen molar-refractivity contribution in [2.75, 3.05) is 19.6 Å². The molecule has 6 heteroatoms. The molecule has 24 heavy (non-hydrogen) atoms. The van der Waals surface area contributed by atoms with Gasteiger partial charge in [0.25, 0.3) is 0 Å². The Labute approximate surface area is 153 Å². The van der Waals surface area contributed by atoms with Crippen LogP contribution in [0.5, 0.6) is 0 Å². The zero-order valence-electron chi connectivity index (χ0n) is 13.7. The maximum absolute atomic E-state index is 5.89. The van der Waals surface area contributed by atoms with Crippen LogP contribution in [0.25, 0.3) is 0 Å². The Bertz CT molecular complexity index is 639. The maximum atomic E-state index is 5.89. The molecule has 128 valence electrons. The lowest BCUT2D eigenvalue weighted by atomic mass is 10.1. The highest BCUT2D eigenvalue weighted by Crippen LogP contribution is 2.09. The van der Waals surface area contributed by atoms with Crippen molar-refractivity contribution in [2.24, 2.45) is 4.99 Å². The van der Waals surface area contributed by atoms with Crippen molar-refractivity contribution >= 4 is 29.2 Å². The van der Waals surface area contributed by atoms with Gasteiger partial charge in [-0.05, 0) is 49.1 Å². The van der Waals surface area contributed by atoms with E-state index in [0.29, 0.717) is 5.15 Å². The molecule has 4 nitrogen and oxygen atoms in total. The van der Waals surface area contributed by atoms with Gasteiger partial charge in [-0.1, -0.05) is 41.4 Å². The van der Waals surface area contributed by atoms with Crippen LogP contribution >= 0.6 is 23.2 Å². The number of hydrogen-bond acceptors (Lipinski definition) is 2. The van der Waals surface area contributed by atoms with E-state index in [0.717, 1.165) is 49.0 Å². The highest BCUT2D eigenvalue weighted by atomic mass is 35.5. The normalized spacial score (nSPS) is 11.4. The van der Waals surface area contributed by atoms with E-state index in [1.165, 1.54) is 5.56 Å². The molecule has 0 aliphatic rings. The van der Waals surface area contributed by atoms with Gasteiger partial charge in [0.05, 0.1) is 0 Å². The van der Waals surface area contributed by atoms with Crippen molar-refractivity contribution in [3.05, 3.63) is 63.9 Å². The number of benzene rings is 1. The molecule has 1 aromatic heterocycles. The molecule has 0 saturated heterocycles. The van der Waals surface area contributed by atoms with E-state index in [-0.39, 0.29) is 0 Å². The molecule has 0 bridgehead atoms. The van der Waals surface area contributed by atoms with E-state index in [4.69, 9.17) is 23.2 Å². The van der Waals surface area contributed by atoms with Gasteiger partial charge in [0.15, 0.2) is 5.96 Å². The number of guanidine groups is 1. The number of nitrogens with zero attached hydrogens (tertiary/aromatic N) is 2. The van der Waals surface area contributed by atoms with E-state index < -0.39 is 0 Å². The number of pyridine rings is 1. The summed E-state index contributed by atoms with van der Waals surface area (Å²) < 4.78 is 0. The van der Waals surface area contributed by atoms with Crippen molar-refractivity contribution in [3.63, 3.8) is 0 Å². The molecule has 0 atom stereocenters. The minimum Gasteiger partial charge on any atom is -0.357 e. The van der Waals surface area contributed by atoms with Crippen molar-refractivity contribution < 1.29 is 0 Å². The lowest BCUT2D eigenvalue weighted by Gasteiger charge is -2.11. The Balaban J connectivity index is 1.79. The van der Waals surface area contributed by atoms with Crippen molar-refractivity contribution in [2.45, 2.75) is 19.8 Å². The first-order chi connectivity index (χ1) is 11.7. The van der Waals surface area contributed by atoms with Gasteiger partial charge in [-0.25, -0.2) is 4.98 Å². The van der Waals surface area contributed by atoms with Gasteiger partial charge in [0.2, 0.25) is 0 Å².